The minimum Gasteiger partial charge on any atom is -0.382 e. The number of para-hydroxylation sites is 1. The third-order valence-electron chi connectivity index (χ3n) is 2.83. The van der Waals surface area contributed by atoms with Crippen LogP contribution in [0.15, 0.2) is 18.2 Å². The molecule has 0 heterocycles. The number of alkyl halides is 3. The van der Waals surface area contributed by atoms with Gasteiger partial charge in [-0.3, -0.25) is 4.79 Å². The van der Waals surface area contributed by atoms with Crippen molar-refractivity contribution in [1.82, 2.24) is 4.90 Å². The Balaban J connectivity index is 3.18. The first-order valence-electron chi connectivity index (χ1n) is 6.57. The summed E-state index contributed by atoms with van der Waals surface area (Å²) in [5.74, 6) is -1.52. The van der Waals surface area contributed by atoms with E-state index in [0.29, 0.717) is 11.4 Å². The normalized spacial score (nSPS) is 11.6. The molecule has 0 saturated heterocycles. The summed E-state index contributed by atoms with van der Waals surface area (Å²) in [5, 5.41) is 2.68. The number of nitrogens with zero attached hydrogens (tertiary/aromatic N) is 1. The van der Waals surface area contributed by atoms with Crippen molar-refractivity contribution in [2.24, 2.45) is 0 Å². The molecule has 21 heavy (non-hydrogen) atoms. The Labute approximate surface area is 120 Å². The molecule has 1 amide bonds. The summed E-state index contributed by atoms with van der Waals surface area (Å²) < 4.78 is 51.5. The number of carbonyl (C=O) groups excluding carboxylic acids is 1. The number of rotatable bonds is 5. The van der Waals surface area contributed by atoms with Crippen molar-refractivity contribution >= 4 is 11.6 Å². The van der Waals surface area contributed by atoms with Crippen molar-refractivity contribution in [3.05, 3.63) is 29.6 Å². The van der Waals surface area contributed by atoms with E-state index in [9.17, 15) is 22.4 Å². The van der Waals surface area contributed by atoms with Crippen LogP contribution in [0.2, 0.25) is 0 Å². The van der Waals surface area contributed by atoms with Gasteiger partial charge in [0, 0.05) is 12.6 Å². The fourth-order valence-corrected chi connectivity index (χ4v) is 1.90. The Morgan fingerprint density at radius 2 is 1.95 bits per heavy atom. The Bertz CT molecular complexity index is 500. The average molecular weight is 306 g/mol. The molecule has 0 aliphatic rings. The maximum absolute atomic E-state index is 13.7. The Kier molecular flexibility index (Phi) is 5.57. The third kappa shape index (κ3) is 4.61. The molecular weight excluding hydrogens is 288 g/mol. The summed E-state index contributed by atoms with van der Waals surface area (Å²) in [7, 11) is 0. The van der Waals surface area contributed by atoms with E-state index >= 15 is 0 Å². The van der Waals surface area contributed by atoms with Gasteiger partial charge in [-0.05, 0) is 32.9 Å². The molecule has 1 aromatic carbocycles. The van der Waals surface area contributed by atoms with Gasteiger partial charge in [0.1, 0.15) is 12.4 Å². The van der Waals surface area contributed by atoms with E-state index in [1.807, 2.05) is 0 Å². The monoisotopic (exact) mass is 306 g/mol. The maximum atomic E-state index is 13.7. The summed E-state index contributed by atoms with van der Waals surface area (Å²) in [4.78, 5) is 13.0. The predicted molar refractivity (Wildman–Crippen MR) is 72.8 cm³/mol. The van der Waals surface area contributed by atoms with E-state index in [4.69, 9.17) is 0 Å². The molecule has 1 N–H and O–H groups in total. The van der Waals surface area contributed by atoms with E-state index in [1.54, 1.807) is 6.92 Å². The number of hydrogen-bond donors (Lipinski definition) is 1. The lowest BCUT2D eigenvalue weighted by Crippen LogP contribution is -2.43. The van der Waals surface area contributed by atoms with Gasteiger partial charge in [-0.25, -0.2) is 4.39 Å². The zero-order valence-corrected chi connectivity index (χ0v) is 12.1. The highest BCUT2D eigenvalue weighted by Gasteiger charge is 2.35. The molecule has 1 rings (SSSR count). The van der Waals surface area contributed by atoms with Gasteiger partial charge >= 0.3 is 6.18 Å². The van der Waals surface area contributed by atoms with Crippen LogP contribution >= 0.6 is 0 Å². The highest BCUT2D eigenvalue weighted by Crippen LogP contribution is 2.25. The van der Waals surface area contributed by atoms with Crippen molar-refractivity contribution in [1.29, 1.82) is 0 Å². The van der Waals surface area contributed by atoms with Crippen LogP contribution in [-0.4, -0.2) is 36.1 Å². The van der Waals surface area contributed by atoms with Gasteiger partial charge in [0.05, 0.1) is 11.3 Å². The quantitative estimate of drug-likeness (QED) is 0.842. The first-order chi connectivity index (χ1) is 9.67. The zero-order chi connectivity index (χ0) is 16.2. The summed E-state index contributed by atoms with van der Waals surface area (Å²) in [6.45, 7) is 3.65. The summed E-state index contributed by atoms with van der Waals surface area (Å²) in [6, 6.07) is 3.11. The molecule has 0 unspecified atom stereocenters. The number of carbonyl (C=O) groups is 1. The highest BCUT2D eigenvalue weighted by atomic mass is 19.4. The molecule has 0 fully saturated rings. The second-order valence-corrected chi connectivity index (χ2v) is 4.83. The van der Waals surface area contributed by atoms with Crippen molar-refractivity contribution < 1.29 is 22.4 Å². The molecule has 1 aromatic rings. The van der Waals surface area contributed by atoms with Gasteiger partial charge in [0.2, 0.25) is 0 Å². The lowest BCUT2D eigenvalue weighted by Gasteiger charge is -2.28. The van der Waals surface area contributed by atoms with Gasteiger partial charge in [-0.15, -0.1) is 0 Å². The Morgan fingerprint density at radius 3 is 2.43 bits per heavy atom. The van der Waals surface area contributed by atoms with Crippen molar-refractivity contribution in [2.45, 2.75) is 33.0 Å². The van der Waals surface area contributed by atoms with Crippen LogP contribution in [0.5, 0.6) is 0 Å². The van der Waals surface area contributed by atoms with Crippen molar-refractivity contribution in [3.8, 4) is 0 Å². The Morgan fingerprint density at radius 1 is 1.33 bits per heavy atom. The molecule has 118 valence electrons. The molecule has 0 bridgehead atoms. The van der Waals surface area contributed by atoms with Crippen LogP contribution in [0, 0.1) is 5.82 Å². The molecule has 0 aliphatic carbocycles. The van der Waals surface area contributed by atoms with Gasteiger partial charge in [-0.2, -0.15) is 13.2 Å². The number of hydrogen-bond acceptors (Lipinski definition) is 2. The van der Waals surface area contributed by atoms with E-state index in [1.165, 1.54) is 26.0 Å². The molecule has 0 radical (unpaired) electrons. The molecule has 0 atom stereocenters. The molecule has 0 aromatic heterocycles. The lowest BCUT2D eigenvalue weighted by atomic mass is 10.1. The van der Waals surface area contributed by atoms with Gasteiger partial charge < -0.3 is 10.2 Å². The average Bonchev–Trinajstić information content (AvgIpc) is 2.36. The van der Waals surface area contributed by atoms with Crippen LogP contribution in [0.1, 0.15) is 31.1 Å². The van der Waals surface area contributed by atoms with Gasteiger partial charge in [0.15, 0.2) is 0 Å². The number of amides is 1. The second-order valence-electron chi connectivity index (χ2n) is 4.83. The number of nitrogens with one attached hydrogen (secondary N) is 1. The fraction of sp³-hybridized carbons (Fsp3) is 0.500. The summed E-state index contributed by atoms with van der Waals surface area (Å²) >= 11 is 0. The molecule has 3 nitrogen and oxygen atoms in total. The third-order valence-corrected chi connectivity index (χ3v) is 2.83. The maximum Gasteiger partial charge on any atom is 0.406 e. The van der Waals surface area contributed by atoms with Crippen molar-refractivity contribution in [3.63, 3.8) is 0 Å². The first-order valence-corrected chi connectivity index (χ1v) is 6.57. The van der Waals surface area contributed by atoms with E-state index in [2.05, 4.69) is 5.32 Å². The predicted octanol–water partition coefficient (Wildman–Crippen LogP) is 3.67. The second kappa shape index (κ2) is 6.78. The lowest BCUT2D eigenvalue weighted by molar-refractivity contribution is -0.143. The molecule has 0 spiro atoms. The summed E-state index contributed by atoms with van der Waals surface area (Å²) in [5.41, 5.74) is -0.173. The van der Waals surface area contributed by atoms with Crippen LogP contribution in [0.25, 0.3) is 0 Å². The van der Waals surface area contributed by atoms with Crippen LogP contribution in [0.3, 0.4) is 0 Å². The number of anilines is 1. The minimum absolute atomic E-state index is 0.0715. The van der Waals surface area contributed by atoms with Crippen LogP contribution in [-0.2, 0) is 0 Å². The van der Waals surface area contributed by atoms with E-state index < -0.39 is 30.5 Å². The molecule has 7 heteroatoms. The number of halogens is 4. The topological polar surface area (TPSA) is 32.3 Å². The largest absolute Gasteiger partial charge is 0.406 e. The standard InChI is InChI=1S/C14H18F4N2O/c1-4-19-12-10(6-5-7-11(12)15)13(21)20(9(2)3)8-14(16,17)18/h5-7,9,19H,4,8H2,1-3H3. The first kappa shape index (κ1) is 17.3. The number of benzene rings is 1. The van der Waals surface area contributed by atoms with E-state index in [0.717, 1.165) is 6.07 Å². The SMILES string of the molecule is CCNc1c(F)cccc1C(=O)N(CC(F)(F)F)C(C)C. The summed E-state index contributed by atoms with van der Waals surface area (Å²) in [6.07, 6.45) is -4.51. The Hall–Kier alpha value is -1.79. The van der Waals surface area contributed by atoms with Crippen molar-refractivity contribution in [2.75, 3.05) is 18.4 Å². The van der Waals surface area contributed by atoms with Gasteiger partial charge in [-0.1, -0.05) is 6.07 Å². The smallest absolute Gasteiger partial charge is 0.382 e. The molecule has 0 aliphatic heterocycles. The fourth-order valence-electron chi connectivity index (χ4n) is 1.90. The van der Waals surface area contributed by atoms with Crippen LogP contribution in [0.4, 0.5) is 23.2 Å². The zero-order valence-electron chi connectivity index (χ0n) is 12.1. The van der Waals surface area contributed by atoms with Gasteiger partial charge in [0.25, 0.3) is 5.91 Å². The van der Waals surface area contributed by atoms with E-state index in [-0.39, 0.29) is 11.3 Å². The molecular formula is C14H18F4N2O. The minimum atomic E-state index is -4.51. The van der Waals surface area contributed by atoms with Crippen LogP contribution < -0.4 is 5.32 Å². The highest BCUT2D eigenvalue weighted by molar-refractivity contribution is 6.00. The molecule has 0 saturated carbocycles.